The molecule has 1 aromatic heterocycles. The van der Waals surface area contributed by atoms with Crippen molar-refractivity contribution in [1.82, 2.24) is 4.98 Å². The third-order valence-corrected chi connectivity index (χ3v) is 4.18. The maximum atomic E-state index is 12.8. The zero-order valence-corrected chi connectivity index (χ0v) is 12.9. The number of carbonyl (C=O) groups is 2. The van der Waals surface area contributed by atoms with Crippen molar-refractivity contribution < 1.29 is 14.3 Å². The first-order valence-electron chi connectivity index (χ1n) is 7.52. The van der Waals surface area contributed by atoms with Gasteiger partial charge < -0.3 is 4.74 Å². The van der Waals surface area contributed by atoms with Crippen LogP contribution in [0.1, 0.15) is 31.8 Å². The lowest BCUT2D eigenvalue weighted by Gasteiger charge is -2.17. The second-order valence-corrected chi connectivity index (χ2v) is 5.55. The minimum absolute atomic E-state index is 0.147. The van der Waals surface area contributed by atoms with Crippen LogP contribution in [0.3, 0.4) is 0 Å². The Morgan fingerprint density at radius 3 is 2.21 bits per heavy atom. The highest BCUT2D eigenvalue weighted by molar-refractivity contribution is 6.28. The van der Waals surface area contributed by atoms with Crippen molar-refractivity contribution in [3.05, 3.63) is 83.0 Å². The number of fused-ring (bicyclic) bond motifs is 2. The largest absolute Gasteiger partial charge is 0.497 e. The summed E-state index contributed by atoms with van der Waals surface area (Å²) in [6.45, 7) is 0. The summed E-state index contributed by atoms with van der Waals surface area (Å²) in [6.07, 6.45) is 1.49. The van der Waals surface area contributed by atoms with Crippen LogP contribution in [-0.2, 0) is 0 Å². The zero-order valence-electron chi connectivity index (χ0n) is 12.9. The number of ether oxygens (including phenoxy) is 1. The van der Waals surface area contributed by atoms with E-state index < -0.39 is 0 Å². The van der Waals surface area contributed by atoms with Gasteiger partial charge in [-0.2, -0.15) is 0 Å². The van der Waals surface area contributed by atoms with Gasteiger partial charge in [0.25, 0.3) is 0 Å². The second-order valence-electron chi connectivity index (χ2n) is 5.55. The number of ketones is 2. The molecule has 0 bridgehead atoms. The van der Waals surface area contributed by atoms with E-state index in [0.717, 1.165) is 5.56 Å². The molecule has 2 aromatic carbocycles. The minimum atomic E-state index is -0.162. The van der Waals surface area contributed by atoms with Crippen LogP contribution >= 0.6 is 0 Å². The van der Waals surface area contributed by atoms with Crippen molar-refractivity contribution in [3.63, 3.8) is 0 Å². The Kier molecular flexibility index (Phi) is 3.24. The molecule has 0 N–H and O–H groups in total. The maximum absolute atomic E-state index is 12.8. The molecule has 0 unspecified atom stereocenters. The molecular weight excluding hydrogens is 302 g/mol. The standard InChI is InChI=1S/C20H13NO3/c1-24-13-6-4-5-12(9-13)18-10-16-17(11-21-18)20(23)15-8-3-2-7-14(15)19(16)22/h2-11H,1H3. The van der Waals surface area contributed by atoms with Crippen LogP contribution in [0.15, 0.2) is 60.8 Å². The second kappa shape index (κ2) is 5.42. The molecule has 0 aliphatic heterocycles. The fourth-order valence-electron chi connectivity index (χ4n) is 2.93. The van der Waals surface area contributed by atoms with Crippen LogP contribution < -0.4 is 4.74 Å². The number of rotatable bonds is 2. The smallest absolute Gasteiger partial charge is 0.196 e. The number of benzene rings is 2. The molecule has 1 aliphatic rings. The fraction of sp³-hybridized carbons (Fsp3) is 0.0500. The molecule has 24 heavy (non-hydrogen) atoms. The molecule has 0 radical (unpaired) electrons. The van der Waals surface area contributed by atoms with Crippen molar-refractivity contribution in [2.24, 2.45) is 0 Å². The van der Waals surface area contributed by atoms with Crippen molar-refractivity contribution in [2.75, 3.05) is 7.11 Å². The molecule has 0 fully saturated rings. The van der Waals surface area contributed by atoms with Gasteiger partial charge in [0, 0.05) is 28.5 Å². The summed E-state index contributed by atoms with van der Waals surface area (Å²) in [5.74, 6) is 0.399. The lowest BCUT2D eigenvalue weighted by atomic mass is 9.84. The average molecular weight is 315 g/mol. The Morgan fingerprint density at radius 2 is 1.50 bits per heavy atom. The van der Waals surface area contributed by atoms with Gasteiger partial charge in [0.1, 0.15) is 5.75 Å². The van der Waals surface area contributed by atoms with E-state index in [-0.39, 0.29) is 11.6 Å². The quantitative estimate of drug-likeness (QED) is 0.568. The van der Waals surface area contributed by atoms with E-state index in [4.69, 9.17) is 4.74 Å². The van der Waals surface area contributed by atoms with Gasteiger partial charge in [0.05, 0.1) is 18.4 Å². The van der Waals surface area contributed by atoms with Crippen LogP contribution in [-0.4, -0.2) is 23.7 Å². The highest BCUT2D eigenvalue weighted by atomic mass is 16.5. The van der Waals surface area contributed by atoms with Gasteiger partial charge in [-0.15, -0.1) is 0 Å². The Hall–Kier alpha value is -3.27. The van der Waals surface area contributed by atoms with Gasteiger partial charge in [0.15, 0.2) is 11.6 Å². The van der Waals surface area contributed by atoms with E-state index in [9.17, 15) is 9.59 Å². The van der Waals surface area contributed by atoms with Crippen LogP contribution in [0.25, 0.3) is 11.3 Å². The van der Waals surface area contributed by atoms with Gasteiger partial charge in [0.2, 0.25) is 0 Å². The molecule has 0 saturated heterocycles. The van der Waals surface area contributed by atoms with Gasteiger partial charge in [-0.1, -0.05) is 36.4 Å². The Balaban J connectivity index is 1.86. The zero-order chi connectivity index (χ0) is 16.7. The van der Waals surface area contributed by atoms with Gasteiger partial charge in [-0.25, -0.2) is 0 Å². The van der Waals surface area contributed by atoms with Gasteiger partial charge in [-0.3, -0.25) is 14.6 Å². The number of nitrogens with zero attached hydrogens (tertiary/aromatic N) is 1. The molecule has 3 aromatic rings. The third kappa shape index (κ3) is 2.12. The first-order chi connectivity index (χ1) is 11.7. The molecule has 0 spiro atoms. The van der Waals surface area contributed by atoms with Crippen LogP contribution in [0.2, 0.25) is 0 Å². The minimum Gasteiger partial charge on any atom is -0.497 e. The number of aromatic nitrogens is 1. The molecule has 4 nitrogen and oxygen atoms in total. The van der Waals surface area contributed by atoms with E-state index in [1.807, 2.05) is 24.3 Å². The summed E-state index contributed by atoms with van der Waals surface area (Å²) >= 11 is 0. The summed E-state index contributed by atoms with van der Waals surface area (Å²) < 4.78 is 5.22. The number of carbonyl (C=O) groups excluding carboxylic acids is 2. The molecule has 0 saturated carbocycles. The summed E-state index contributed by atoms with van der Waals surface area (Å²) in [7, 11) is 1.60. The lowest BCUT2D eigenvalue weighted by Crippen LogP contribution is -2.21. The monoisotopic (exact) mass is 315 g/mol. The Morgan fingerprint density at radius 1 is 0.792 bits per heavy atom. The van der Waals surface area contributed by atoms with E-state index in [1.165, 1.54) is 6.20 Å². The number of pyridine rings is 1. The van der Waals surface area contributed by atoms with E-state index in [1.54, 1.807) is 37.4 Å². The van der Waals surface area contributed by atoms with Crippen molar-refractivity contribution in [1.29, 1.82) is 0 Å². The predicted molar refractivity (Wildman–Crippen MR) is 89.5 cm³/mol. The third-order valence-electron chi connectivity index (χ3n) is 4.18. The summed E-state index contributed by atoms with van der Waals surface area (Å²) in [6, 6.07) is 16.0. The highest BCUT2D eigenvalue weighted by Gasteiger charge is 2.29. The molecule has 1 heterocycles. The molecule has 1 aliphatic carbocycles. The normalized spacial score (nSPS) is 12.5. The summed E-state index contributed by atoms with van der Waals surface area (Å²) in [4.78, 5) is 29.7. The molecule has 116 valence electrons. The van der Waals surface area contributed by atoms with E-state index in [2.05, 4.69) is 4.98 Å². The molecule has 4 heteroatoms. The summed E-state index contributed by atoms with van der Waals surface area (Å²) in [5.41, 5.74) is 3.09. The van der Waals surface area contributed by atoms with Gasteiger partial charge >= 0.3 is 0 Å². The maximum Gasteiger partial charge on any atom is 0.196 e. The van der Waals surface area contributed by atoms with Crippen molar-refractivity contribution in [2.45, 2.75) is 0 Å². The lowest BCUT2D eigenvalue weighted by molar-refractivity contribution is 0.0979. The Labute approximate surface area is 138 Å². The van der Waals surface area contributed by atoms with Crippen LogP contribution in [0, 0.1) is 0 Å². The van der Waals surface area contributed by atoms with Crippen LogP contribution in [0.4, 0.5) is 0 Å². The predicted octanol–water partition coefficient (Wildman–Crippen LogP) is 3.53. The molecule has 0 amide bonds. The topological polar surface area (TPSA) is 56.3 Å². The van der Waals surface area contributed by atoms with Crippen LogP contribution in [0.5, 0.6) is 5.75 Å². The van der Waals surface area contributed by atoms with E-state index >= 15 is 0 Å². The highest BCUT2D eigenvalue weighted by Crippen LogP contribution is 2.30. The average Bonchev–Trinajstić information content (AvgIpc) is 2.65. The van der Waals surface area contributed by atoms with Gasteiger partial charge in [-0.05, 0) is 18.2 Å². The SMILES string of the molecule is COc1cccc(-c2cc3c(cn2)C(=O)c2ccccc2C3=O)c1. The number of hydrogen-bond donors (Lipinski definition) is 0. The molecule has 0 atom stereocenters. The van der Waals surface area contributed by atoms with E-state index in [0.29, 0.717) is 33.7 Å². The fourth-order valence-corrected chi connectivity index (χ4v) is 2.93. The van der Waals surface area contributed by atoms with Crippen molar-refractivity contribution in [3.8, 4) is 17.0 Å². The number of methoxy groups -OCH3 is 1. The Bertz CT molecular complexity index is 992. The summed E-state index contributed by atoms with van der Waals surface area (Å²) in [5, 5.41) is 0. The first-order valence-corrected chi connectivity index (χ1v) is 7.52. The van der Waals surface area contributed by atoms with Crippen molar-refractivity contribution >= 4 is 11.6 Å². The number of hydrogen-bond acceptors (Lipinski definition) is 4. The first kappa shape index (κ1) is 14.3. The molecule has 4 rings (SSSR count). The molecular formula is C20H13NO3.